The van der Waals surface area contributed by atoms with Crippen molar-refractivity contribution in [3.63, 3.8) is 0 Å². The first-order chi connectivity index (χ1) is 50.7. The quantitative estimate of drug-likeness (QED) is 0.0254. The van der Waals surface area contributed by atoms with E-state index in [1.165, 1.54) is 238 Å². The van der Waals surface area contributed by atoms with Gasteiger partial charge in [-0.2, -0.15) is 0 Å². The summed E-state index contributed by atoms with van der Waals surface area (Å²) >= 11 is 0. The highest BCUT2D eigenvalue weighted by Crippen LogP contribution is 2.21. The van der Waals surface area contributed by atoms with Crippen LogP contribution in [0.1, 0.15) is 475 Å². The Hall–Kier alpha value is -4.10. The van der Waals surface area contributed by atoms with E-state index in [1.54, 1.807) is 0 Å². The van der Waals surface area contributed by atoms with Gasteiger partial charge >= 0.3 is 0 Å². The smallest absolute Gasteiger partial charge is 0.223 e. The average Bonchev–Trinajstić information content (AvgIpc) is 0.980. The van der Waals surface area contributed by atoms with Crippen LogP contribution in [0, 0.1) is 11.8 Å². The molecule has 2 unspecified atom stereocenters. The van der Waals surface area contributed by atoms with Crippen molar-refractivity contribution in [2.45, 2.75) is 475 Å². The van der Waals surface area contributed by atoms with Crippen LogP contribution in [-0.2, 0) is 38.4 Å². The van der Waals surface area contributed by atoms with E-state index in [0.717, 1.165) is 129 Å². The molecule has 0 aliphatic rings. The second-order valence-corrected chi connectivity index (χ2v) is 29.8. The second-order valence-electron chi connectivity index (χ2n) is 29.8. The zero-order valence-corrected chi connectivity index (χ0v) is 70.9. The van der Waals surface area contributed by atoms with Crippen molar-refractivity contribution < 1.29 is 38.4 Å². The van der Waals surface area contributed by atoms with Gasteiger partial charge in [0.05, 0.1) is 0 Å². The lowest BCUT2D eigenvalue weighted by molar-refractivity contribution is -0.129. The van der Waals surface area contributed by atoms with Crippen LogP contribution in [0.15, 0.2) is 13.2 Å². The Balaban J connectivity index is -0.000000374. The van der Waals surface area contributed by atoms with E-state index in [-0.39, 0.29) is 66.3 Å². The molecule has 0 aromatic carbocycles. The molecule has 14 nitrogen and oxygen atoms in total. The highest BCUT2D eigenvalue weighted by molar-refractivity contribution is 5.87. The van der Waals surface area contributed by atoms with Crippen LogP contribution in [0.2, 0.25) is 0 Å². The Labute approximate surface area is 653 Å². The third-order valence-electron chi connectivity index (χ3n) is 19.4. The van der Waals surface area contributed by atoms with Crippen molar-refractivity contribution in [1.82, 2.24) is 31.9 Å². The molecule has 0 saturated carbocycles. The molecule has 2 atom stereocenters. The van der Waals surface area contributed by atoms with Gasteiger partial charge in [-0.05, 0) is 84.5 Å². The zero-order valence-electron chi connectivity index (χ0n) is 70.9. The summed E-state index contributed by atoms with van der Waals surface area (Å²) in [5.41, 5.74) is 0. The summed E-state index contributed by atoms with van der Waals surface area (Å²) in [6.07, 6.45) is 70.3. The van der Waals surface area contributed by atoms with Gasteiger partial charge in [-0.15, -0.1) is 13.2 Å². The molecule has 0 aromatic heterocycles. The lowest BCUT2D eigenvalue weighted by Gasteiger charge is -2.16. The fraction of sp³-hybridized carbons (Fsp3) is 0.890. The summed E-state index contributed by atoms with van der Waals surface area (Å²) in [6, 6.07) is 0. The van der Waals surface area contributed by atoms with Crippen LogP contribution in [0.25, 0.3) is 0 Å². The fourth-order valence-corrected chi connectivity index (χ4v) is 12.8. The molecular formula is C91H182N6O8. The SMILES string of the molecule is C.C=C.CCCCCCCCCCCCCC(=O)CC(CCCCNC(=O)CCCCCCCCCCCCC)C(=O)NCC.CCCCCCCCCCCCCC(=O)CC(CCCCNC(=O)CCCCCCCCCCCCC)C(=O)NCCCC.CCCCNC(=O)CCC.CCNC(C)=O. The number of amides is 6. The van der Waals surface area contributed by atoms with Gasteiger partial charge in [0.25, 0.3) is 0 Å². The minimum atomic E-state index is -0.239. The Morgan fingerprint density at radius 3 is 0.714 bits per heavy atom. The Morgan fingerprint density at radius 2 is 0.467 bits per heavy atom. The van der Waals surface area contributed by atoms with Crippen molar-refractivity contribution >= 4 is 47.0 Å². The van der Waals surface area contributed by atoms with Crippen LogP contribution in [0.5, 0.6) is 0 Å². The first-order valence-electron chi connectivity index (χ1n) is 44.8. The summed E-state index contributed by atoms with van der Waals surface area (Å²) in [7, 11) is 0. The van der Waals surface area contributed by atoms with Gasteiger partial charge in [0.15, 0.2) is 0 Å². The standard InChI is InChI=1S/C39H76N2O3.C37H72N2O3.C8H17NO.C4H9NO.C2H4.CH4/c1-4-7-10-12-14-16-18-20-22-24-26-31-37(42)35-36(39(44)41-33-9-6-3)30-28-29-34-40-38(43)32-27-25-23-21-19-17-15-13-11-8-5-2;1-4-7-9-11-13-15-17-19-21-23-25-30-35(40)33-34(37(42)38-6-3)29-27-28-32-39-36(41)31-26-24-22-20-18-16-14-12-10-8-5-2;1-3-5-7-9-8(10)6-4-2;1-3-5-4(2)6;1-2;/h36H,4-35H2,1-3H3,(H,40,43)(H,41,44);34H,4-33H2,1-3H3,(H,38,42)(H,39,41);3-7H2,1-2H3,(H,9,10);3H2,1-2H3,(H,5,6);1-2H2;1H4. The van der Waals surface area contributed by atoms with E-state index >= 15 is 0 Å². The molecule has 6 amide bonds. The highest BCUT2D eigenvalue weighted by Gasteiger charge is 2.23. The largest absolute Gasteiger partial charge is 0.357 e. The van der Waals surface area contributed by atoms with Crippen LogP contribution < -0.4 is 31.9 Å². The summed E-state index contributed by atoms with van der Waals surface area (Å²) in [6.45, 7) is 30.8. The van der Waals surface area contributed by atoms with E-state index in [4.69, 9.17) is 0 Å². The summed E-state index contributed by atoms with van der Waals surface area (Å²) in [5, 5.41) is 17.5. The predicted molar refractivity (Wildman–Crippen MR) is 456 cm³/mol. The number of ketones is 2. The van der Waals surface area contributed by atoms with Crippen molar-refractivity contribution in [3.05, 3.63) is 13.2 Å². The first-order valence-corrected chi connectivity index (χ1v) is 44.8. The first kappa shape index (κ1) is 112. The number of hydrogen-bond donors (Lipinski definition) is 6. The fourth-order valence-electron chi connectivity index (χ4n) is 12.8. The number of hydrogen-bond acceptors (Lipinski definition) is 8. The number of Topliss-reactive ketones (excluding diaryl/α,β-unsaturated/α-hetero) is 2. The van der Waals surface area contributed by atoms with Gasteiger partial charge < -0.3 is 31.9 Å². The van der Waals surface area contributed by atoms with E-state index < -0.39 is 0 Å². The molecular weight excluding hydrogens is 1310 g/mol. The lowest BCUT2D eigenvalue weighted by atomic mass is 9.93. The van der Waals surface area contributed by atoms with E-state index in [1.807, 2.05) is 20.8 Å². The lowest BCUT2D eigenvalue weighted by Crippen LogP contribution is -2.33. The molecule has 0 aromatic rings. The molecule has 0 aliphatic carbocycles. The second kappa shape index (κ2) is 97.9. The molecule has 14 heteroatoms. The molecule has 0 heterocycles. The van der Waals surface area contributed by atoms with Crippen molar-refractivity contribution in [2.75, 3.05) is 39.3 Å². The third-order valence-corrected chi connectivity index (χ3v) is 19.4. The van der Waals surface area contributed by atoms with Crippen LogP contribution in [-0.4, -0.2) is 86.3 Å². The molecule has 0 rings (SSSR count). The zero-order chi connectivity index (χ0) is 78.1. The van der Waals surface area contributed by atoms with Crippen molar-refractivity contribution in [2.24, 2.45) is 11.8 Å². The molecule has 0 radical (unpaired) electrons. The maximum atomic E-state index is 12.8. The van der Waals surface area contributed by atoms with Crippen molar-refractivity contribution in [1.29, 1.82) is 0 Å². The van der Waals surface area contributed by atoms with Gasteiger partial charge in [-0.1, -0.05) is 338 Å². The van der Waals surface area contributed by atoms with Gasteiger partial charge in [-0.25, -0.2) is 0 Å². The summed E-state index contributed by atoms with van der Waals surface area (Å²) in [4.78, 5) is 95.9. The third kappa shape index (κ3) is 97.9. The van der Waals surface area contributed by atoms with Crippen LogP contribution >= 0.6 is 0 Å². The summed E-state index contributed by atoms with van der Waals surface area (Å²) in [5.74, 6) is 0.547. The Morgan fingerprint density at radius 1 is 0.238 bits per heavy atom. The molecule has 0 saturated heterocycles. The monoisotopic (exact) mass is 1490 g/mol. The highest BCUT2D eigenvalue weighted by atomic mass is 16.2. The Bertz CT molecular complexity index is 1850. The molecule has 105 heavy (non-hydrogen) atoms. The van der Waals surface area contributed by atoms with E-state index in [0.29, 0.717) is 77.5 Å². The minimum Gasteiger partial charge on any atom is -0.357 e. The number of unbranched alkanes of at least 4 members (excludes halogenated alkanes) is 44. The molecule has 0 aliphatic heterocycles. The molecule has 0 fully saturated rings. The normalized spacial score (nSPS) is 11.1. The number of rotatable bonds is 74. The van der Waals surface area contributed by atoms with Gasteiger partial charge in [0.2, 0.25) is 35.4 Å². The minimum absolute atomic E-state index is 0. The maximum absolute atomic E-state index is 12.8. The van der Waals surface area contributed by atoms with Gasteiger partial charge in [-0.3, -0.25) is 38.4 Å². The Kier molecular flexibility index (Phi) is 104. The maximum Gasteiger partial charge on any atom is 0.223 e. The average molecular weight is 1490 g/mol. The molecule has 624 valence electrons. The molecule has 0 bridgehead atoms. The number of nitrogens with one attached hydrogen (secondary N) is 6. The van der Waals surface area contributed by atoms with Crippen LogP contribution in [0.4, 0.5) is 0 Å². The predicted octanol–water partition coefficient (Wildman–Crippen LogP) is 24.8. The van der Waals surface area contributed by atoms with Gasteiger partial charge in [0.1, 0.15) is 11.6 Å². The van der Waals surface area contributed by atoms with E-state index in [2.05, 4.69) is 86.6 Å². The topological polar surface area (TPSA) is 209 Å². The van der Waals surface area contributed by atoms with Crippen molar-refractivity contribution in [3.8, 4) is 0 Å². The number of carbonyl (C=O) groups excluding carboxylic acids is 8. The van der Waals surface area contributed by atoms with Crippen LogP contribution in [0.3, 0.4) is 0 Å². The summed E-state index contributed by atoms with van der Waals surface area (Å²) < 4.78 is 0. The molecule has 0 spiro atoms. The molecule has 6 N–H and O–H groups in total. The van der Waals surface area contributed by atoms with E-state index in [9.17, 15) is 38.4 Å². The van der Waals surface area contributed by atoms with Gasteiger partial charge in [0, 0.05) is 103 Å². The number of carbonyl (C=O) groups is 8.